The molecule has 2 N–H and O–H groups in total. The van der Waals surface area contributed by atoms with Gasteiger partial charge in [0.25, 0.3) is 5.91 Å². The lowest BCUT2D eigenvalue weighted by molar-refractivity contribution is 0.0660. The number of carbonyl (C=O) groups is 2. The van der Waals surface area contributed by atoms with Gasteiger partial charge in [-0.2, -0.15) is 0 Å². The first-order valence-corrected chi connectivity index (χ1v) is 9.84. The summed E-state index contributed by atoms with van der Waals surface area (Å²) in [6.45, 7) is 5.48. The molecule has 1 aromatic heterocycles. The van der Waals surface area contributed by atoms with Gasteiger partial charge in [-0.05, 0) is 49.6 Å². The minimum atomic E-state index is -0.0568. The van der Waals surface area contributed by atoms with Crippen LogP contribution in [0.25, 0.3) is 0 Å². The Labute approximate surface area is 165 Å². The normalized spacial score (nSPS) is 14.0. The highest BCUT2D eigenvalue weighted by molar-refractivity contribution is 5.92. The number of H-pyrrole nitrogens is 1. The molecule has 0 spiro atoms. The number of piperazine rings is 1. The molecule has 3 rings (SSSR count). The predicted octanol–water partition coefficient (Wildman–Crippen LogP) is 2.51. The zero-order valence-corrected chi connectivity index (χ0v) is 16.3. The summed E-state index contributed by atoms with van der Waals surface area (Å²) in [5, 5.41) is 2.98. The van der Waals surface area contributed by atoms with Gasteiger partial charge in [-0.25, -0.2) is 4.79 Å². The van der Waals surface area contributed by atoms with Gasteiger partial charge in [-0.15, -0.1) is 0 Å². The fourth-order valence-electron chi connectivity index (χ4n) is 3.26. The first-order chi connectivity index (χ1) is 13.7. The maximum absolute atomic E-state index is 12.3. The molecule has 1 aliphatic heterocycles. The summed E-state index contributed by atoms with van der Waals surface area (Å²) in [6.07, 6.45) is 3.53. The third-order valence-electron chi connectivity index (χ3n) is 4.84. The number of benzene rings is 1. The number of carbonyl (C=O) groups excluding carboxylic acids is 2. The zero-order valence-electron chi connectivity index (χ0n) is 16.3. The Balaban J connectivity index is 1.34. The molecule has 1 aliphatic rings. The van der Waals surface area contributed by atoms with Crippen molar-refractivity contribution < 1.29 is 14.3 Å². The van der Waals surface area contributed by atoms with Crippen molar-refractivity contribution in [2.75, 3.05) is 39.3 Å². The molecular formula is C21H28N4O3. The van der Waals surface area contributed by atoms with E-state index in [-0.39, 0.29) is 11.9 Å². The third-order valence-corrected chi connectivity index (χ3v) is 4.84. The summed E-state index contributed by atoms with van der Waals surface area (Å²) < 4.78 is 5.44. The number of hydrogen-bond acceptors (Lipinski definition) is 3. The maximum Gasteiger partial charge on any atom is 0.317 e. The number of nitrogens with zero attached hydrogens (tertiary/aromatic N) is 2. The highest BCUT2D eigenvalue weighted by Crippen LogP contribution is 2.13. The molecule has 7 heteroatoms. The van der Waals surface area contributed by atoms with E-state index in [0.29, 0.717) is 45.0 Å². The molecule has 2 heterocycles. The summed E-state index contributed by atoms with van der Waals surface area (Å²) in [4.78, 5) is 31.1. The van der Waals surface area contributed by atoms with Crippen LogP contribution < -0.4 is 10.1 Å². The molecule has 2 aromatic rings. The van der Waals surface area contributed by atoms with Gasteiger partial charge in [0.2, 0.25) is 0 Å². The van der Waals surface area contributed by atoms with Gasteiger partial charge in [-0.1, -0.05) is 12.1 Å². The molecular weight excluding hydrogens is 356 g/mol. The average Bonchev–Trinajstić information content (AvgIpc) is 3.27. The topological polar surface area (TPSA) is 77.7 Å². The molecule has 1 aromatic carbocycles. The first-order valence-electron chi connectivity index (χ1n) is 9.84. The van der Waals surface area contributed by atoms with E-state index in [4.69, 9.17) is 4.74 Å². The summed E-state index contributed by atoms with van der Waals surface area (Å²) in [6, 6.07) is 11.6. The molecule has 1 saturated heterocycles. The van der Waals surface area contributed by atoms with Crippen molar-refractivity contribution in [3.05, 3.63) is 53.9 Å². The van der Waals surface area contributed by atoms with Gasteiger partial charge in [0.1, 0.15) is 11.4 Å². The molecule has 0 bridgehead atoms. The van der Waals surface area contributed by atoms with E-state index >= 15 is 0 Å². The van der Waals surface area contributed by atoms with Gasteiger partial charge in [0.15, 0.2) is 0 Å². The number of urea groups is 1. The first kappa shape index (κ1) is 19.8. The number of aryl methyl sites for hydroxylation is 1. The van der Waals surface area contributed by atoms with E-state index in [2.05, 4.69) is 22.4 Å². The number of hydrogen-bond donors (Lipinski definition) is 2. The van der Waals surface area contributed by atoms with Gasteiger partial charge in [-0.3, -0.25) is 4.79 Å². The summed E-state index contributed by atoms with van der Waals surface area (Å²) >= 11 is 0. The van der Waals surface area contributed by atoms with Crippen LogP contribution in [0.2, 0.25) is 0 Å². The number of aromatic amines is 1. The van der Waals surface area contributed by atoms with Gasteiger partial charge in [0.05, 0.1) is 6.61 Å². The van der Waals surface area contributed by atoms with Crippen LogP contribution in [0.4, 0.5) is 4.79 Å². The van der Waals surface area contributed by atoms with E-state index in [1.807, 2.05) is 25.1 Å². The van der Waals surface area contributed by atoms with Gasteiger partial charge in [0, 0.05) is 38.9 Å². The van der Waals surface area contributed by atoms with Crippen LogP contribution in [-0.2, 0) is 6.42 Å². The van der Waals surface area contributed by atoms with E-state index in [1.54, 1.807) is 22.1 Å². The van der Waals surface area contributed by atoms with E-state index < -0.39 is 0 Å². The Kier molecular flexibility index (Phi) is 6.94. The molecule has 0 atom stereocenters. The van der Waals surface area contributed by atoms with Gasteiger partial charge < -0.3 is 24.8 Å². The zero-order chi connectivity index (χ0) is 19.8. The van der Waals surface area contributed by atoms with Crippen molar-refractivity contribution in [3.63, 3.8) is 0 Å². The van der Waals surface area contributed by atoms with Crippen LogP contribution in [0, 0.1) is 0 Å². The molecule has 0 unspecified atom stereocenters. The largest absolute Gasteiger partial charge is 0.494 e. The van der Waals surface area contributed by atoms with Crippen molar-refractivity contribution >= 4 is 11.9 Å². The fourth-order valence-corrected chi connectivity index (χ4v) is 3.26. The highest BCUT2D eigenvalue weighted by atomic mass is 16.5. The number of nitrogens with one attached hydrogen (secondary N) is 2. The van der Waals surface area contributed by atoms with Crippen molar-refractivity contribution in [2.45, 2.75) is 19.8 Å². The molecule has 0 saturated carbocycles. The van der Waals surface area contributed by atoms with E-state index in [0.717, 1.165) is 18.6 Å². The fraction of sp³-hybridized carbons (Fsp3) is 0.429. The molecule has 150 valence electrons. The standard InChI is InChI=1S/C21H28N4O3/c1-2-28-18-9-7-17(8-10-18)5-3-12-23-21(27)25-15-13-24(14-16-25)20(26)19-6-4-11-22-19/h4,6-11,22H,2-3,5,12-16H2,1H3,(H,23,27). The smallest absolute Gasteiger partial charge is 0.317 e. The minimum Gasteiger partial charge on any atom is -0.494 e. The number of ether oxygens (including phenoxy) is 1. The Morgan fingerprint density at radius 1 is 1.07 bits per heavy atom. The second kappa shape index (κ2) is 9.82. The molecule has 28 heavy (non-hydrogen) atoms. The van der Waals surface area contributed by atoms with Crippen LogP contribution >= 0.6 is 0 Å². The van der Waals surface area contributed by atoms with Crippen LogP contribution in [0.3, 0.4) is 0 Å². The lowest BCUT2D eigenvalue weighted by Crippen LogP contribution is -2.53. The molecule has 0 aliphatic carbocycles. The van der Waals surface area contributed by atoms with Crippen molar-refractivity contribution in [1.29, 1.82) is 0 Å². The Morgan fingerprint density at radius 3 is 2.43 bits per heavy atom. The van der Waals surface area contributed by atoms with Crippen LogP contribution in [-0.4, -0.2) is 66.1 Å². The van der Waals surface area contributed by atoms with E-state index in [1.165, 1.54) is 5.56 Å². The SMILES string of the molecule is CCOc1ccc(CCCNC(=O)N2CCN(C(=O)c3ccc[nH]3)CC2)cc1. The van der Waals surface area contributed by atoms with Crippen molar-refractivity contribution in [2.24, 2.45) is 0 Å². The number of rotatable bonds is 7. The Hall–Kier alpha value is -2.96. The van der Waals surface area contributed by atoms with Crippen LogP contribution in [0.5, 0.6) is 5.75 Å². The summed E-state index contributed by atoms with van der Waals surface area (Å²) in [7, 11) is 0. The van der Waals surface area contributed by atoms with Crippen molar-refractivity contribution in [3.8, 4) is 5.75 Å². The second-order valence-electron chi connectivity index (χ2n) is 6.78. The number of amides is 3. The Morgan fingerprint density at radius 2 is 1.79 bits per heavy atom. The van der Waals surface area contributed by atoms with E-state index in [9.17, 15) is 9.59 Å². The molecule has 1 fully saturated rings. The molecule has 0 radical (unpaired) electrons. The van der Waals surface area contributed by atoms with Crippen LogP contribution in [0.1, 0.15) is 29.4 Å². The Bertz CT molecular complexity index is 750. The quantitative estimate of drug-likeness (QED) is 0.720. The predicted molar refractivity (Wildman–Crippen MR) is 108 cm³/mol. The summed E-state index contributed by atoms with van der Waals surface area (Å²) in [5.74, 6) is 0.869. The molecule has 3 amide bonds. The molecule has 7 nitrogen and oxygen atoms in total. The minimum absolute atomic E-state index is 0.0135. The average molecular weight is 384 g/mol. The lowest BCUT2D eigenvalue weighted by Gasteiger charge is -2.34. The lowest BCUT2D eigenvalue weighted by atomic mass is 10.1. The number of aromatic nitrogens is 1. The summed E-state index contributed by atoms with van der Waals surface area (Å²) in [5.41, 5.74) is 1.82. The van der Waals surface area contributed by atoms with Crippen LogP contribution in [0.15, 0.2) is 42.6 Å². The second-order valence-corrected chi connectivity index (χ2v) is 6.78. The third kappa shape index (κ3) is 5.28. The van der Waals surface area contributed by atoms with Crippen molar-refractivity contribution in [1.82, 2.24) is 20.1 Å². The van der Waals surface area contributed by atoms with Gasteiger partial charge >= 0.3 is 6.03 Å². The maximum atomic E-state index is 12.3. The monoisotopic (exact) mass is 384 g/mol. The highest BCUT2D eigenvalue weighted by Gasteiger charge is 2.24.